The summed E-state index contributed by atoms with van der Waals surface area (Å²) in [5, 5.41) is 27.3. The molecule has 1 aromatic carbocycles. The third kappa shape index (κ3) is 4.13. The van der Waals surface area contributed by atoms with Crippen molar-refractivity contribution in [3.63, 3.8) is 0 Å². The molecule has 0 aliphatic heterocycles. The van der Waals surface area contributed by atoms with Gasteiger partial charge >= 0.3 is 5.97 Å². The van der Waals surface area contributed by atoms with Crippen molar-refractivity contribution in [2.24, 2.45) is 16.1 Å². The maximum Gasteiger partial charge on any atom is 0.322 e. The van der Waals surface area contributed by atoms with E-state index in [-0.39, 0.29) is 11.5 Å². The zero-order valence-corrected chi connectivity index (χ0v) is 12.8. The molecule has 1 heterocycles. The lowest BCUT2D eigenvalue weighted by atomic mass is 10.0. The van der Waals surface area contributed by atoms with Crippen molar-refractivity contribution in [3.05, 3.63) is 47.8 Å². The number of nitrogens with two attached hydrogens (primary N) is 1. The molecule has 0 spiro atoms. The first kappa shape index (κ1) is 17.5. The Kier molecular flexibility index (Phi) is 5.36. The number of rotatable bonds is 5. The molecule has 10 heteroatoms. The molecule has 0 aliphatic rings. The fourth-order valence-electron chi connectivity index (χ4n) is 2.03. The molecule has 0 saturated carbocycles. The number of benzene rings is 1. The predicted octanol–water partition coefficient (Wildman–Crippen LogP) is 0.920. The van der Waals surface area contributed by atoms with Gasteiger partial charge in [0.25, 0.3) is 5.91 Å². The third-order valence-corrected chi connectivity index (χ3v) is 3.17. The first-order valence-corrected chi connectivity index (χ1v) is 6.91. The Labute approximate surface area is 141 Å². The van der Waals surface area contributed by atoms with Crippen molar-refractivity contribution in [2.75, 3.05) is 6.54 Å². The van der Waals surface area contributed by atoms with E-state index >= 15 is 0 Å². The Morgan fingerprint density at radius 1 is 1.28 bits per heavy atom. The summed E-state index contributed by atoms with van der Waals surface area (Å²) in [5.41, 5.74) is 8.36. The van der Waals surface area contributed by atoms with Crippen LogP contribution in [0.3, 0.4) is 0 Å². The van der Waals surface area contributed by atoms with Crippen molar-refractivity contribution in [1.29, 1.82) is 5.53 Å². The summed E-state index contributed by atoms with van der Waals surface area (Å²) in [5.74, 6) is 2.79. The van der Waals surface area contributed by atoms with Gasteiger partial charge in [-0.15, -0.1) is 5.11 Å². The van der Waals surface area contributed by atoms with Gasteiger partial charge in [-0.05, 0) is 17.7 Å². The maximum atomic E-state index is 11.8. The van der Waals surface area contributed by atoms with E-state index in [0.717, 1.165) is 0 Å². The van der Waals surface area contributed by atoms with Crippen LogP contribution in [0.5, 0.6) is 5.75 Å². The SMILES string of the molecule is N=NC(=NN)c1cccc(-c2cnc(C(=O)NCC(=O)O)c(O)c2)c1. The number of carbonyl (C=O) groups excluding carboxylic acids is 1. The number of amidine groups is 1. The number of hydrogen-bond acceptors (Lipinski definition) is 7. The smallest absolute Gasteiger partial charge is 0.322 e. The van der Waals surface area contributed by atoms with Gasteiger partial charge in [0.15, 0.2) is 11.5 Å². The number of aromatic hydroxyl groups is 1. The number of carboxylic acid groups (broad SMARTS) is 1. The molecule has 2 aromatic rings. The predicted molar refractivity (Wildman–Crippen MR) is 87.2 cm³/mol. The molecule has 1 aromatic heterocycles. The van der Waals surface area contributed by atoms with Gasteiger partial charge in [0.2, 0.25) is 0 Å². The molecule has 2 rings (SSSR count). The first-order valence-electron chi connectivity index (χ1n) is 6.91. The van der Waals surface area contributed by atoms with Gasteiger partial charge < -0.3 is 21.4 Å². The number of aromatic nitrogens is 1. The van der Waals surface area contributed by atoms with Gasteiger partial charge in [0.1, 0.15) is 12.3 Å². The summed E-state index contributed by atoms with van der Waals surface area (Å²) in [7, 11) is 0. The molecule has 0 unspecified atom stereocenters. The normalized spacial score (nSPS) is 11.0. The molecule has 10 nitrogen and oxygen atoms in total. The Morgan fingerprint density at radius 2 is 2.04 bits per heavy atom. The standard InChI is InChI=1S/C15H14N6O4/c16-20-14(21-17)9-3-1-2-8(4-9)10-5-11(22)13(18-6-10)15(25)19-7-12(23)24/h1-6,16,22H,7,17H2,(H,19,25)(H,23,24). The molecule has 0 fully saturated rings. The molecule has 0 saturated heterocycles. The monoisotopic (exact) mass is 342 g/mol. The van der Waals surface area contributed by atoms with E-state index in [9.17, 15) is 14.7 Å². The topological polar surface area (TPSA) is 174 Å². The molecular weight excluding hydrogens is 328 g/mol. The van der Waals surface area contributed by atoms with Crippen LogP contribution in [0.2, 0.25) is 0 Å². The highest BCUT2D eigenvalue weighted by molar-refractivity contribution is 6.00. The Morgan fingerprint density at radius 3 is 2.64 bits per heavy atom. The van der Waals surface area contributed by atoms with Gasteiger partial charge in [-0.25, -0.2) is 10.5 Å². The Bertz CT molecular complexity index is 865. The maximum absolute atomic E-state index is 11.8. The molecule has 25 heavy (non-hydrogen) atoms. The lowest BCUT2D eigenvalue weighted by Gasteiger charge is -2.08. The van der Waals surface area contributed by atoms with Crippen LogP contribution in [-0.2, 0) is 4.79 Å². The highest BCUT2D eigenvalue weighted by Gasteiger charge is 2.15. The first-order chi connectivity index (χ1) is 12.0. The van der Waals surface area contributed by atoms with E-state index in [0.29, 0.717) is 16.7 Å². The number of carboxylic acids is 1. The Hall–Kier alpha value is -3.82. The average Bonchev–Trinajstić information content (AvgIpc) is 2.61. The number of nitrogens with one attached hydrogen (secondary N) is 2. The number of hydrogen-bond donors (Lipinski definition) is 5. The number of amides is 1. The lowest BCUT2D eigenvalue weighted by molar-refractivity contribution is -0.135. The van der Waals surface area contributed by atoms with Crippen LogP contribution in [0.4, 0.5) is 0 Å². The fraction of sp³-hybridized carbons (Fsp3) is 0.0667. The molecule has 1 amide bonds. The summed E-state index contributed by atoms with van der Waals surface area (Å²) in [4.78, 5) is 26.1. The summed E-state index contributed by atoms with van der Waals surface area (Å²) in [6.45, 7) is -0.582. The fourth-order valence-corrected chi connectivity index (χ4v) is 2.03. The van der Waals surface area contributed by atoms with Crippen LogP contribution in [0.15, 0.2) is 46.7 Å². The molecule has 0 bridgehead atoms. The number of carbonyl (C=O) groups is 2. The molecule has 0 atom stereocenters. The quantitative estimate of drug-likeness (QED) is 0.177. The zero-order chi connectivity index (χ0) is 18.4. The van der Waals surface area contributed by atoms with E-state index in [1.807, 2.05) is 0 Å². The van der Waals surface area contributed by atoms with E-state index in [4.69, 9.17) is 16.5 Å². The molecule has 6 N–H and O–H groups in total. The van der Waals surface area contributed by atoms with Gasteiger partial charge in [0.05, 0.1) is 0 Å². The molecule has 0 radical (unpaired) electrons. The minimum atomic E-state index is -1.21. The number of hydrazone groups is 1. The zero-order valence-electron chi connectivity index (χ0n) is 12.8. The number of pyridine rings is 1. The van der Waals surface area contributed by atoms with Crippen LogP contribution in [0, 0.1) is 5.53 Å². The average molecular weight is 342 g/mol. The van der Waals surface area contributed by atoms with Crippen molar-refractivity contribution >= 4 is 17.7 Å². The van der Waals surface area contributed by atoms with E-state index < -0.39 is 24.2 Å². The van der Waals surface area contributed by atoms with Crippen molar-refractivity contribution < 1.29 is 19.8 Å². The molecule has 0 aliphatic carbocycles. The van der Waals surface area contributed by atoms with Crippen molar-refractivity contribution in [2.45, 2.75) is 0 Å². The highest BCUT2D eigenvalue weighted by atomic mass is 16.4. The van der Waals surface area contributed by atoms with Crippen molar-refractivity contribution in [3.8, 4) is 16.9 Å². The van der Waals surface area contributed by atoms with Gasteiger partial charge in [-0.1, -0.05) is 18.2 Å². The minimum absolute atomic E-state index is 0.0312. The van der Waals surface area contributed by atoms with Gasteiger partial charge in [-0.3, -0.25) is 9.59 Å². The molecular formula is C15H14N6O4. The second kappa shape index (κ2) is 7.64. The van der Waals surface area contributed by atoms with E-state index in [2.05, 4.69) is 20.5 Å². The van der Waals surface area contributed by atoms with Gasteiger partial charge in [0, 0.05) is 17.3 Å². The van der Waals surface area contributed by atoms with Crippen LogP contribution >= 0.6 is 0 Å². The molecule has 128 valence electrons. The third-order valence-electron chi connectivity index (χ3n) is 3.17. The largest absolute Gasteiger partial charge is 0.505 e. The number of nitrogens with zero attached hydrogens (tertiary/aromatic N) is 3. The lowest BCUT2D eigenvalue weighted by Crippen LogP contribution is -2.29. The Balaban J connectivity index is 2.32. The summed E-state index contributed by atoms with van der Waals surface area (Å²) >= 11 is 0. The van der Waals surface area contributed by atoms with Crippen LogP contribution in [0.25, 0.3) is 11.1 Å². The summed E-state index contributed by atoms with van der Waals surface area (Å²) in [6, 6.07) is 8.03. The van der Waals surface area contributed by atoms with Crippen LogP contribution in [0.1, 0.15) is 16.1 Å². The van der Waals surface area contributed by atoms with Gasteiger partial charge in [-0.2, -0.15) is 5.10 Å². The van der Waals surface area contributed by atoms with E-state index in [1.54, 1.807) is 24.3 Å². The summed E-state index contributed by atoms with van der Waals surface area (Å²) in [6.07, 6.45) is 1.35. The summed E-state index contributed by atoms with van der Waals surface area (Å²) < 4.78 is 0. The second-order valence-electron chi connectivity index (χ2n) is 4.81. The second-order valence-corrected chi connectivity index (χ2v) is 4.81. The minimum Gasteiger partial charge on any atom is -0.505 e. The van der Waals surface area contributed by atoms with E-state index in [1.165, 1.54) is 12.3 Å². The van der Waals surface area contributed by atoms with Crippen LogP contribution < -0.4 is 11.2 Å². The highest BCUT2D eigenvalue weighted by Crippen LogP contribution is 2.25. The number of aliphatic carboxylic acids is 1. The van der Waals surface area contributed by atoms with Crippen molar-refractivity contribution in [1.82, 2.24) is 10.3 Å². The van der Waals surface area contributed by atoms with Crippen LogP contribution in [-0.4, -0.2) is 39.5 Å².